The third-order valence-electron chi connectivity index (χ3n) is 1.57. The zero-order valence-corrected chi connectivity index (χ0v) is 9.76. The fourth-order valence-electron chi connectivity index (χ4n) is 0.906. The number of phenols is 2. The Morgan fingerprint density at radius 3 is 2.00 bits per heavy atom. The molecule has 0 spiro atoms. The summed E-state index contributed by atoms with van der Waals surface area (Å²) in [5, 5.41) is 35.1. The summed E-state index contributed by atoms with van der Waals surface area (Å²) in [6, 6.07) is 1.53. The summed E-state index contributed by atoms with van der Waals surface area (Å²) < 4.78 is 0. The predicted octanol–water partition coefficient (Wildman–Crippen LogP) is -2.39. The first kappa shape index (κ1) is 13.8. The number of carboxylic acids is 2. The number of hydrogen-bond acceptors (Lipinski definition) is 4. The Hall–Kier alpha value is -1.24. The summed E-state index contributed by atoms with van der Waals surface area (Å²) in [5.41, 5.74) is -1.06. The molecule has 6 nitrogen and oxygen atoms in total. The second-order valence-corrected chi connectivity index (χ2v) is 2.50. The quantitative estimate of drug-likeness (QED) is 0.328. The molecule has 0 heterocycles. The van der Waals surface area contributed by atoms with E-state index in [9.17, 15) is 9.59 Å². The molecule has 0 aromatic heterocycles. The molecule has 0 atom stereocenters. The monoisotopic (exact) mass is 222 g/mol. The van der Waals surface area contributed by atoms with Gasteiger partial charge < -0.3 is 21.9 Å². The Balaban J connectivity index is 0. The van der Waals surface area contributed by atoms with Crippen molar-refractivity contribution >= 4 is 11.9 Å². The molecule has 0 unspecified atom stereocenters. The molecule has 4 N–H and O–H groups in total. The minimum absolute atomic E-state index is 0. The van der Waals surface area contributed by atoms with Crippen molar-refractivity contribution in [3.05, 3.63) is 23.3 Å². The van der Waals surface area contributed by atoms with Gasteiger partial charge in [0.1, 0.15) is 5.56 Å². The van der Waals surface area contributed by atoms with Crippen LogP contribution in [0, 0.1) is 0 Å². The van der Waals surface area contributed by atoms with E-state index >= 15 is 0 Å². The Morgan fingerprint density at radius 2 is 1.60 bits per heavy atom. The van der Waals surface area contributed by atoms with E-state index < -0.39 is 34.6 Å². The van der Waals surface area contributed by atoms with Gasteiger partial charge in [0.05, 0.1) is 5.56 Å². The van der Waals surface area contributed by atoms with Crippen molar-refractivity contribution in [3.8, 4) is 11.5 Å². The van der Waals surface area contributed by atoms with E-state index in [1.165, 1.54) is 0 Å². The van der Waals surface area contributed by atoms with Crippen LogP contribution < -0.4 is 29.6 Å². The van der Waals surface area contributed by atoms with Crippen molar-refractivity contribution in [2.45, 2.75) is 0 Å². The molecule has 0 bridgehead atoms. The molecule has 76 valence electrons. The smallest absolute Gasteiger partial charge is 1.00 e. The SMILES string of the molecule is O=C(O)c1cc(O)c(O)c(C(=O)O)c1.[H-].[Na+]. The molecular formula is C8H7NaO6. The molecule has 1 rings (SSSR count). The van der Waals surface area contributed by atoms with Gasteiger partial charge in [-0.15, -0.1) is 0 Å². The summed E-state index contributed by atoms with van der Waals surface area (Å²) in [7, 11) is 0. The maximum atomic E-state index is 10.5. The Bertz CT molecular complexity index is 419. The summed E-state index contributed by atoms with van der Waals surface area (Å²) >= 11 is 0. The fraction of sp³-hybridized carbons (Fsp3) is 0. The van der Waals surface area contributed by atoms with E-state index in [0.717, 1.165) is 12.1 Å². The number of phenolic OH excluding ortho intramolecular Hbond substituents is 1. The van der Waals surface area contributed by atoms with Gasteiger partial charge in [0.2, 0.25) is 0 Å². The molecule has 0 saturated heterocycles. The molecule has 0 fully saturated rings. The molecule has 0 aliphatic carbocycles. The zero-order chi connectivity index (χ0) is 10.9. The van der Waals surface area contributed by atoms with Gasteiger partial charge in [-0.2, -0.15) is 0 Å². The average Bonchev–Trinajstić information content (AvgIpc) is 2.08. The van der Waals surface area contributed by atoms with Crippen LogP contribution in [0.25, 0.3) is 0 Å². The van der Waals surface area contributed by atoms with Crippen molar-refractivity contribution in [3.63, 3.8) is 0 Å². The largest absolute Gasteiger partial charge is 1.00 e. The maximum absolute atomic E-state index is 10.5. The first-order chi connectivity index (χ1) is 6.43. The van der Waals surface area contributed by atoms with Crippen LogP contribution >= 0.6 is 0 Å². The molecule has 1 aromatic carbocycles. The second-order valence-electron chi connectivity index (χ2n) is 2.50. The van der Waals surface area contributed by atoms with Gasteiger partial charge in [0, 0.05) is 0 Å². The molecule has 1 aromatic rings. The Kier molecular flexibility index (Phi) is 4.60. The van der Waals surface area contributed by atoms with Crippen LogP contribution in [-0.4, -0.2) is 32.4 Å². The molecule has 15 heavy (non-hydrogen) atoms. The van der Waals surface area contributed by atoms with Gasteiger partial charge in [-0.1, -0.05) is 0 Å². The summed E-state index contributed by atoms with van der Waals surface area (Å²) in [4.78, 5) is 20.9. The fourth-order valence-corrected chi connectivity index (χ4v) is 0.906. The summed E-state index contributed by atoms with van der Waals surface area (Å²) in [6.45, 7) is 0. The van der Waals surface area contributed by atoms with E-state index in [-0.39, 0.29) is 31.0 Å². The van der Waals surface area contributed by atoms with Crippen LogP contribution in [0.2, 0.25) is 0 Å². The minimum Gasteiger partial charge on any atom is -1.00 e. The minimum atomic E-state index is -1.51. The predicted molar refractivity (Wildman–Crippen MR) is 44.8 cm³/mol. The van der Waals surface area contributed by atoms with Crippen LogP contribution in [0.1, 0.15) is 22.1 Å². The van der Waals surface area contributed by atoms with Crippen molar-refractivity contribution in [2.24, 2.45) is 0 Å². The van der Waals surface area contributed by atoms with Crippen LogP contribution in [0.4, 0.5) is 0 Å². The van der Waals surface area contributed by atoms with Crippen molar-refractivity contribution < 1.29 is 61.0 Å². The van der Waals surface area contributed by atoms with E-state index in [1.54, 1.807) is 0 Å². The van der Waals surface area contributed by atoms with Crippen molar-refractivity contribution in [1.29, 1.82) is 0 Å². The third kappa shape index (κ3) is 2.85. The standard InChI is InChI=1S/C8H6O6.Na.H/c9-5-2-3(7(11)12)1-4(6(5)10)8(13)14;;/h1-2,9-10H,(H,11,12)(H,13,14);;/q;+1;-1. The normalized spacial score (nSPS) is 9.07. The zero-order valence-electron chi connectivity index (χ0n) is 8.76. The maximum Gasteiger partial charge on any atom is 1.00 e. The Morgan fingerprint density at radius 1 is 1.07 bits per heavy atom. The molecule has 7 heteroatoms. The van der Waals surface area contributed by atoms with Gasteiger partial charge >= 0.3 is 41.5 Å². The van der Waals surface area contributed by atoms with Gasteiger partial charge in [0.25, 0.3) is 0 Å². The topological polar surface area (TPSA) is 115 Å². The molecule has 0 aliphatic rings. The van der Waals surface area contributed by atoms with Gasteiger partial charge in [-0.3, -0.25) is 0 Å². The van der Waals surface area contributed by atoms with E-state index in [1.807, 2.05) is 0 Å². The number of aromatic hydroxyl groups is 2. The molecule has 0 amide bonds. The first-order valence-corrected chi connectivity index (χ1v) is 3.46. The first-order valence-electron chi connectivity index (χ1n) is 3.46. The van der Waals surface area contributed by atoms with E-state index in [2.05, 4.69) is 0 Å². The number of carboxylic acid groups (broad SMARTS) is 2. The number of carbonyl (C=O) groups is 2. The number of benzene rings is 1. The molecular weight excluding hydrogens is 215 g/mol. The third-order valence-corrected chi connectivity index (χ3v) is 1.57. The van der Waals surface area contributed by atoms with E-state index in [0.29, 0.717) is 0 Å². The second kappa shape index (κ2) is 5.01. The van der Waals surface area contributed by atoms with Gasteiger partial charge in [0.15, 0.2) is 11.5 Å². The van der Waals surface area contributed by atoms with Gasteiger partial charge in [-0.25, -0.2) is 9.59 Å². The molecule has 0 radical (unpaired) electrons. The van der Waals surface area contributed by atoms with Crippen molar-refractivity contribution in [1.82, 2.24) is 0 Å². The number of aromatic carboxylic acids is 2. The number of rotatable bonds is 2. The van der Waals surface area contributed by atoms with E-state index in [4.69, 9.17) is 20.4 Å². The van der Waals surface area contributed by atoms with Crippen LogP contribution in [-0.2, 0) is 0 Å². The molecule has 0 aliphatic heterocycles. The summed E-state index contributed by atoms with van der Waals surface area (Å²) in [6.07, 6.45) is 0. The Labute approximate surface area is 108 Å². The van der Waals surface area contributed by atoms with Crippen LogP contribution in [0.15, 0.2) is 12.1 Å². The van der Waals surface area contributed by atoms with Crippen LogP contribution in [0.5, 0.6) is 11.5 Å². The van der Waals surface area contributed by atoms with Crippen LogP contribution in [0.3, 0.4) is 0 Å². The van der Waals surface area contributed by atoms with Gasteiger partial charge in [-0.05, 0) is 12.1 Å². The molecule has 0 saturated carbocycles. The van der Waals surface area contributed by atoms with Crippen molar-refractivity contribution in [2.75, 3.05) is 0 Å². The average molecular weight is 222 g/mol. The summed E-state index contributed by atoms with van der Waals surface area (Å²) in [5.74, 6) is -4.52. The number of hydrogen-bond donors (Lipinski definition) is 4.